The van der Waals surface area contributed by atoms with Crippen molar-refractivity contribution < 1.29 is 16.8 Å². The summed E-state index contributed by atoms with van der Waals surface area (Å²) in [5, 5.41) is 0. The highest BCUT2D eigenvalue weighted by Gasteiger charge is 2.13. The van der Waals surface area contributed by atoms with Gasteiger partial charge in [0, 0.05) is 0 Å². The molecule has 0 rings (SSSR count). The zero-order valence-corrected chi connectivity index (χ0v) is 9.15. The number of nitrogens with one attached hydrogen (secondary N) is 1. The molecule has 0 saturated heterocycles. The highest BCUT2D eigenvalue weighted by molar-refractivity contribution is 7.92. The fourth-order valence-corrected chi connectivity index (χ4v) is 2.24. The van der Waals surface area contributed by atoms with Gasteiger partial charge in [-0.15, -0.1) is 4.83 Å². The van der Waals surface area contributed by atoms with Gasteiger partial charge in [0.2, 0.25) is 20.0 Å². The second-order valence-electron chi connectivity index (χ2n) is 2.59. The third-order valence-electron chi connectivity index (χ3n) is 1.10. The monoisotopic (exact) mass is 229 g/mol. The Labute approximate surface area is 78.8 Å². The second kappa shape index (κ2) is 4.89. The van der Waals surface area contributed by atoms with Gasteiger partial charge in [-0.2, -0.15) is 0 Å². The van der Waals surface area contributed by atoms with Crippen LogP contribution in [0.25, 0.3) is 0 Å². The van der Waals surface area contributed by atoms with Gasteiger partial charge >= 0.3 is 0 Å². The van der Waals surface area contributed by atoms with Gasteiger partial charge in [-0.1, -0.05) is 13.3 Å². The quantitative estimate of drug-likeness (QED) is 0.602. The molecule has 0 amide bonds. The number of hydrogen-bond donors (Lipinski definition) is 1. The Balaban J connectivity index is 4.05. The summed E-state index contributed by atoms with van der Waals surface area (Å²) in [6.07, 6.45) is 2.02. The van der Waals surface area contributed by atoms with Crippen molar-refractivity contribution in [2.45, 2.75) is 19.8 Å². The number of unbranched alkanes of at least 4 members (excludes halogenated alkanes) is 1. The molecule has 13 heavy (non-hydrogen) atoms. The Morgan fingerprint density at radius 3 is 2.15 bits per heavy atom. The van der Waals surface area contributed by atoms with E-state index in [4.69, 9.17) is 0 Å². The van der Waals surface area contributed by atoms with Crippen molar-refractivity contribution in [1.29, 1.82) is 0 Å². The van der Waals surface area contributed by atoms with Crippen LogP contribution in [-0.4, -0.2) is 28.8 Å². The molecule has 0 heterocycles. The highest BCUT2D eigenvalue weighted by atomic mass is 32.2. The van der Waals surface area contributed by atoms with Crippen LogP contribution in [0.5, 0.6) is 0 Å². The number of nitrogens with zero attached hydrogens (tertiary/aromatic N) is 1. The van der Waals surface area contributed by atoms with Crippen LogP contribution in [-0.2, 0) is 20.0 Å². The maximum Gasteiger partial charge on any atom is 0.243 e. The second-order valence-corrected chi connectivity index (χ2v) is 6.08. The molecule has 0 aromatic carbocycles. The van der Waals surface area contributed by atoms with Crippen molar-refractivity contribution in [3.63, 3.8) is 0 Å². The highest BCUT2D eigenvalue weighted by Crippen LogP contribution is 1.93. The molecule has 1 radical (unpaired) electrons. The lowest BCUT2D eigenvalue weighted by Gasteiger charge is -2.02. The zero-order chi connectivity index (χ0) is 10.5. The van der Waals surface area contributed by atoms with Crippen LogP contribution in [0.1, 0.15) is 19.8 Å². The van der Waals surface area contributed by atoms with E-state index >= 15 is 0 Å². The summed E-state index contributed by atoms with van der Waals surface area (Å²) in [4.78, 5) is 4.48. The van der Waals surface area contributed by atoms with Gasteiger partial charge < -0.3 is 0 Å². The molecule has 0 aliphatic rings. The molecule has 0 spiro atoms. The van der Waals surface area contributed by atoms with Crippen LogP contribution in [0.4, 0.5) is 0 Å². The van der Waals surface area contributed by atoms with Gasteiger partial charge in [-0.25, -0.2) is 16.8 Å². The van der Waals surface area contributed by atoms with E-state index in [0.29, 0.717) is 12.8 Å². The number of rotatable bonds is 6. The third kappa shape index (κ3) is 8.16. The summed E-state index contributed by atoms with van der Waals surface area (Å²) in [6.45, 7) is 1.83. The van der Waals surface area contributed by atoms with Crippen LogP contribution in [0.2, 0.25) is 0 Å². The smallest absolute Gasteiger partial charge is 0.211 e. The Kier molecular flexibility index (Phi) is 4.82. The van der Waals surface area contributed by atoms with E-state index in [0.717, 1.165) is 6.26 Å². The Morgan fingerprint density at radius 1 is 1.23 bits per heavy atom. The maximum absolute atomic E-state index is 10.9. The van der Waals surface area contributed by atoms with E-state index in [9.17, 15) is 16.8 Å². The van der Waals surface area contributed by atoms with Crippen molar-refractivity contribution >= 4 is 20.0 Å². The van der Waals surface area contributed by atoms with Crippen LogP contribution >= 0.6 is 0 Å². The average molecular weight is 229 g/mol. The third-order valence-corrected chi connectivity index (χ3v) is 2.81. The Hall–Kier alpha value is -0.180. The van der Waals surface area contributed by atoms with Gasteiger partial charge in [-0.05, 0) is 11.3 Å². The first kappa shape index (κ1) is 12.8. The minimum absolute atomic E-state index is 0.133. The summed E-state index contributed by atoms with van der Waals surface area (Å²) in [6, 6.07) is 0. The molecule has 0 atom stereocenters. The van der Waals surface area contributed by atoms with Crippen LogP contribution < -0.4 is 9.66 Å². The van der Waals surface area contributed by atoms with Gasteiger partial charge in [0.25, 0.3) is 0 Å². The van der Waals surface area contributed by atoms with Gasteiger partial charge in [0.15, 0.2) is 0 Å². The lowest BCUT2D eigenvalue weighted by Crippen LogP contribution is -2.35. The van der Waals surface area contributed by atoms with Crippen LogP contribution in [0, 0.1) is 0 Å². The predicted octanol–water partition coefficient (Wildman–Crippen LogP) is -0.815. The standard InChI is InChI=1S/C5H13N2O4S2/c1-3-4-5-13(10,11)7-6-12(2,8)9/h6H,3-5H2,1-2H3. The van der Waals surface area contributed by atoms with Crippen LogP contribution in [0.3, 0.4) is 0 Å². The maximum atomic E-state index is 10.9. The Bertz CT molecular complexity index is 332. The van der Waals surface area contributed by atoms with Crippen molar-refractivity contribution in [2.75, 3.05) is 12.0 Å². The molecule has 0 aromatic rings. The molecule has 0 bridgehead atoms. The molecule has 6 nitrogen and oxygen atoms in total. The molecular formula is C5H13N2O4S2. The molecule has 0 aliphatic carbocycles. The molecule has 0 unspecified atom stereocenters. The normalized spacial score (nSPS) is 13.1. The summed E-state index contributed by atoms with van der Waals surface area (Å²) in [5.41, 5.74) is 0. The van der Waals surface area contributed by atoms with E-state index in [1.54, 1.807) is 4.83 Å². The van der Waals surface area contributed by atoms with Gasteiger partial charge in [0.1, 0.15) is 0 Å². The number of sulfonamides is 2. The molecule has 79 valence electrons. The summed E-state index contributed by atoms with van der Waals surface area (Å²) < 4.78 is 42.8. The molecule has 0 aromatic heterocycles. The fourth-order valence-electron chi connectivity index (χ4n) is 0.497. The summed E-state index contributed by atoms with van der Waals surface area (Å²) in [5.74, 6) is -0.133. The largest absolute Gasteiger partial charge is 0.243 e. The van der Waals surface area contributed by atoms with Crippen molar-refractivity contribution in [3.05, 3.63) is 0 Å². The van der Waals surface area contributed by atoms with Crippen molar-refractivity contribution in [3.8, 4) is 0 Å². The van der Waals surface area contributed by atoms with E-state index < -0.39 is 20.0 Å². The molecule has 8 heteroatoms. The van der Waals surface area contributed by atoms with Gasteiger partial charge in [0.05, 0.1) is 12.0 Å². The minimum atomic E-state index is -3.64. The van der Waals surface area contributed by atoms with Crippen molar-refractivity contribution in [1.82, 2.24) is 9.66 Å². The van der Waals surface area contributed by atoms with Gasteiger partial charge in [-0.3, -0.25) is 0 Å². The van der Waals surface area contributed by atoms with E-state index in [1.165, 1.54) is 0 Å². The molecule has 0 fully saturated rings. The lowest BCUT2D eigenvalue weighted by atomic mass is 10.4. The van der Waals surface area contributed by atoms with E-state index in [1.807, 2.05) is 6.92 Å². The molecule has 0 aliphatic heterocycles. The minimum Gasteiger partial charge on any atom is -0.211 e. The molecule has 0 saturated carbocycles. The molecule has 1 N–H and O–H groups in total. The first-order chi connectivity index (χ1) is 5.77. The SMILES string of the molecule is CCCCS(=O)(=O)[N]NS(C)(=O)=O. The first-order valence-corrected chi connectivity index (χ1v) is 7.18. The van der Waals surface area contributed by atoms with E-state index in [2.05, 4.69) is 4.83 Å². The summed E-state index contributed by atoms with van der Waals surface area (Å²) in [7, 11) is -7.22. The fraction of sp³-hybridized carbons (Fsp3) is 1.00. The predicted molar refractivity (Wildman–Crippen MR) is 48.8 cm³/mol. The van der Waals surface area contributed by atoms with E-state index in [-0.39, 0.29) is 5.75 Å². The molecular weight excluding hydrogens is 216 g/mol. The lowest BCUT2D eigenvalue weighted by molar-refractivity contribution is 0.557. The summed E-state index contributed by atoms with van der Waals surface area (Å²) >= 11 is 0. The van der Waals surface area contributed by atoms with Crippen molar-refractivity contribution in [2.24, 2.45) is 0 Å². The topological polar surface area (TPSA) is 94.4 Å². The Morgan fingerprint density at radius 2 is 1.77 bits per heavy atom. The van der Waals surface area contributed by atoms with Crippen LogP contribution in [0.15, 0.2) is 0 Å². The number of hydrogen-bond acceptors (Lipinski definition) is 4. The zero-order valence-electron chi connectivity index (χ0n) is 7.52. The first-order valence-electron chi connectivity index (χ1n) is 3.68. The average Bonchev–Trinajstić information content (AvgIpc) is 1.97.